The minimum atomic E-state index is -0.185. The first-order valence-electron chi connectivity index (χ1n) is 6.54. The lowest BCUT2D eigenvalue weighted by atomic mass is 10.0. The van der Waals surface area contributed by atoms with Gasteiger partial charge in [-0.3, -0.25) is 0 Å². The van der Waals surface area contributed by atoms with Gasteiger partial charge in [-0.1, -0.05) is 12.1 Å². The third-order valence-electron chi connectivity index (χ3n) is 3.59. The van der Waals surface area contributed by atoms with Crippen LogP contribution in [0.5, 0.6) is 0 Å². The standard InChI is InChI=1S/C14H21N3O/c1-3-17(4-2)13(18)16-14(8-9-14)11-6-5-7-12(15)10-11/h5-7,10H,3-4,8-9,15H2,1-2H3,(H,16,18). The second kappa shape index (κ2) is 4.88. The fourth-order valence-corrected chi connectivity index (χ4v) is 2.24. The molecule has 0 aromatic heterocycles. The number of hydrogen-bond acceptors (Lipinski definition) is 2. The van der Waals surface area contributed by atoms with Crippen molar-refractivity contribution in [2.45, 2.75) is 32.2 Å². The molecule has 1 fully saturated rings. The Morgan fingerprint density at radius 1 is 1.39 bits per heavy atom. The largest absolute Gasteiger partial charge is 0.399 e. The topological polar surface area (TPSA) is 58.4 Å². The first-order valence-corrected chi connectivity index (χ1v) is 6.54. The van der Waals surface area contributed by atoms with E-state index in [1.165, 1.54) is 0 Å². The number of hydrogen-bond donors (Lipinski definition) is 2. The van der Waals surface area contributed by atoms with E-state index in [0.29, 0.717) is 0 Å². The molecule has 2 amide bonds. The third kappa shape index (κ3) is 2.42. The Morgan fingerprint density at radius 3 is 2.56 bits per heavy atom. The third-order valence-corrected chi connectivity index (χ3v) is 3.59. The van der Waals surface area contributed by atoms with Crippen molar-refractivity contribution in [2.75, 3.05) is 18.8 Å². The zero-order valence-electron chi connectivity index (χ0n) is 11.1. The summed E-state index contributed by atoms with van der Waals surface area (Å²) < 4.78 is 0. The van der Waals surface area contributed by atoms with E-state index in [1.54, 1.807) is 4.90 Å². The molecular formula is C14H21N3O. The van der Waals surface area contributed by atoms with Gasteiger partial charge in [0.2, 0.25) is 0 Å². The van der Waals surface area contributed by atoms with Gasteiger partial charge in [-0.2, -0.15) is 0 Å². The molecule has 3 N–H and O–H groups in total. The van der Waals surface area contributed by atoms with Gasteiger partial charge in [-0.25, -0.2) is 4.79 Å². The Kier molecular flexibility index (Phi) is 3.45. The first kappa shape index (κ1) is 12.7. The van der Waals surface area contributed by atoms with Crippen molar-refractivity contribution in [3.8, 4) is 0 Å². The van der Waals surface area contributed by atoms with E-state index in [4.69, 9.17) is 5.73 Å². The number of nitrogens with one attached hydrogen (secondary N) is 1. The van der Waals surface area contributed by atoms with E-state index in [-0.39, 0.29) is 11.6 Å². The minimum Gasteiger partial charge on any atom is -0.399 e. The predicted molar refractivity (Wildman–Crippen MR) is 73.2 cm³/mol. The molecule has 0 atom stereocenters. The average Bonchev–Trinajstić information content (AvgIpc) is 3.11. The van der Waals surface area contributed by atoms with Gasteiger partial charge in [-0.05, 0) is 44.4 Å². The van der Waals surface area contributed by atoms with Crippen LogP contribution in [0.15, 0.2) is 24.3 Å². The number of carbonyl (C=O) groups excluding carboxylic acids is 1. The summed E-state index contributed by atoms with van der Waals surface area (Å²) in [7, 11) is 0. The molecule has 2 rings (SSSR count). The molecule has 1 aliphatic rings. The van der Waals surface area contributed by atoms with Crippen LogP contribution in [0.1, 0.15) is 32.3 Å². The first-order chi connectivity index (χ1) is 8.61. The van der Waals surface area contributed by atoms with Crippen molar-refractivity contribution in [3.63, 3.8) is 0 Å². The Bertz CT molecular complexity index is 436. The second-order valence-electron chi connectivity index (χ2n) is 4.81. The predicted octanol–water partition coefficient (Wildman–Crippen LogP) is 2.31. The van der Waals surface area contributed by atoms with Crippen LogP contribution in [0.25, 0.3) is 0 Å². The van der Waals surface area contributed by atoms with E-state index < -0.39 is 0 Å². The van der Waals surface area contributed by atoms with Crippen molar-refractivity contribution in [3.05, 3.63) is 29.8 Å². The zero-order chi connectivity index (χ0) is 13.2. The second-order valence-corrected chi connectivity index (χ2v) is 4.81. The van der Waals surface area contributed by atoms with Crippen LogP contribution in [0.4, 0.5) is 10.5 Å². The maximum absolute atomic E-state index is 12.1. The molecule has 1 aliphatic carbocycles. The SMILES string of the molecule is CCN(CC)C(=O)NC1(c2cccc(N)c2)CC1. The molecule has 1 saturated carbocycles. The molecule has 98 valence electrons. The van der Waals surface area contributed by atoms with Crippen LogP contribution in [0, 0.1) is 0 Å². The van der Waals surface area contributed by atoms with Gasteiger partial charge in [0.25, 0.3) is 0 Å². The summed E-state index contributed by atoms with van der Waals surface area (Å²) in [6.45, 7) is 5.44. The Hall–Kier alpha value is -1.71. The molecule has 0 bridgehead atoms. The number of rotatable bonds is 4. The van der Waals surface area contributed by atoms with Gasteiger partial charge in [-0.15, -0.1) is 0 Å². The summed E-state index contributed by atoms with van der Waals surface area (Å²) in [6, 6.07) is 7.81. The number of amides is 2. The molecule has 4 heteroatoms. The monoisotopic (exact) mass is 247 g/mol. The summed E-state index contributed by atoms with van der Waals surface area (Å²) in [5.41, 5.74) is 7.48. The van der Waals surface area contributed by atoms with E-state index >= 15 is 0 Å². The molecule has 4 nitrogen and oxygen atoms in total. The fraction of sp³-hybridized carbons (Fsp3) is 0.500. The van der Waals surface area contributed by atoms with E-state index in [9.17, 15) is 4.79 Å². The van der Waals surface area contributed by atoms with Gasteiger partial charge in [0, 0.05) is 18.8 Å². The lowest BCUT2D eigenvalue weighted by Crippen LogP contribution is -2.44. The number of nitrogen functional groups attached to an aromatic ring is 1. The van der Waals surface area contributed by atoms with Crippen LogP contribution < -0.4 is 11.1 Å². The lowest BCUT2D eigenvalue weighted by Gasteiger charge is -2.25. The highest BCUT2D eigenvalue weighted by molar-refractivity contribution is 5.76. The average molecular weight is 247 g/mol. The highest BCUT2D eigenvalue weighted by atomic mass is 16.2. The van der Waals surface area contributed by atoms with Gasteiger partial charge in [0.15, 0.2) is 0 Å². The normalized spacial score (nSPS) is 16.1. The van der Waals surface area contributed by atoms with Gasteiger partial charge in [0.05, 0.1) is 5.54 Å². The summed E-state index contributed by atoms with van der Waals surface area (Å²) in [6.07, 6.45) is 1.98. The van der Waals surface area contributed by atoms with Crippen LogP contribution in [0.2, 0.25) is 0 Å². The van der Waals surface area contributed by atoms with Crippen molar-refractivity contribution >= 4 is 11.7 Å². The Labute approximate surface area is 108 Å². The quantitative estimate of drug-likeness (QED) is 0.802. The Balaban J connectivity index is 2.11. The van der Waals surface area contributed by atoms with Crippen molar-refractivity contribution < 1.29 is 4.79 Å². The van der Waals surface area contributed by atoms with Crippen LogP contribution in [-0.4, -0.2) is 24.0 Å². The Morgan fingerprint density at radius 2 is 2.06 bits per heavy atom. The zero-order valence-corrected chi connectivity index (χ0v) is 11.1. The lowest BCUT2D eigenvalue weighted by molar-refractivity contribution is 0.197. The summed E-state index contributed by atoms with van der Waals surface area (Å²) in [5.74, 6) is 0. The number of benzene rings is 1. The molecule has 0 unspecified atom stereocenters. The van der Waals surface area contributed by atoms with E-state index in [0.717, 1.165) is 37.2 Å². The summed E-state index contributed by atoms with van der Waals surface area (Å²) >= 11 is 0. The van der Waals surface area contributed by atoms with Crippen LogP contribution >= 0.6 is 0 Å². The molecule has 18 heavy (non-hydrogen) atoms. The fourth-order valence-electron chi connectivity index (χ4n) is 2.24. The van der Waals surface area contributed by atoms with Crippen LogP contribution in [0.3, 0.4) is 0 Å². The maximum atomic E-state index is 12.1. The summed E-state index contributed by atoms with van der Waals surface area (Å²) in [5, 5.41) is 3.14. The van der Waals surface area contributed by atoms with Crippen LogP contribution in [-0.2, 0) is 5.54 Å². The number of carbonyl (C=O) groups is 1. The van der Waals surface area contributed by atoms with Gasteiger partial charge in [0.1, 0.15) is 0 Å². The number of nitrogens with zero attached hydrogens (tertiary/aromatic N) is 1. The van der Waals surface area contributed by atoms with Crippen molar-refractivity contribution in [1.82, 2.24) is 10.2 Å². The molecule has 0 radical (unpaired) electrons. The molecule has 0 heterocycles. The molecule has 1 aromatic carbocycles. The number of anilines is 1. The van der Waals surface area contributed by atoms with Gasteiger partial charge < -0.3 is 16.0 Å². The van der Waals surface area contributed by atoms with E-state index in [1.807, 2.05) is 38.1 Å². The highest BCUT2D eigenvalue weighted by Crippen LogP contribution is 2.45. The van der Waals surface area contributed by atoms with Crippen molar-refractivity contribution in [2.24, 2.45) is 0 Å². The molecule has 0 aliphatic heterocycles. The maximum Gasteiger partial charge on any atom is 0.318 e. The summed E-state index contributed by atoms with van der Waals surface area (Å²) in [4.78, 5) is 13.9. The number of urea groups is 1. The minimum absolute atomic E-state index is 0.0138. The number of nitrogens with two attached hydrogens (primary N) is 1. The molecule has 1 aromatic rings. The van der Waals surface area contributed by atoms with Gasteiger partial charge >= 0.3 is 6.03 Å². The van der Waals surface area contributed by atoms with Crippen molar-refractivity contribution in [1.29, 1.82) is 0 Å². The smallest absolute Gasteiger partial charge is 0.318 e. The molecular weight excluding hydrogens is 226 g/mol. The molecule has 0 spiro atoms. The highest BCUT2D eigenvalue weighted by Gasteiger charge is 2.46. The molecule has 0 saturated heterocycles. The van der Waals surface area contributed by atoms with E-state index in [2.05, 4.69) is 5.32 Å².